The first kappa shape index (κ1) is 20.5. The Bertz CT molecular complexity index is 1320. The van der Waals surface area contributed by atoms with Crippen LogP contribution in [0.5, 0.6) is 0 Å². The van der Waals surface area contributed by atoms with Crippen molar-refractivity contribution in [2.75, 3.05) is 5.32 Å². The lowest BCUT2D eigenvalue weighted by Gasteiger charge is -2.33. The molecule has 0 saturated carbocycles. The van der Waals surface area contributed by atoms with Gasteiger partial charge in [0.15, 0.2) is 11.5 Å². The molecule has 32 heavy (non-hydrogen) atoms. The van der Waals surface area contributed by atoms with Crippen LogP contribution in [-0.4, -0.2) is 37.6 Å². The number of carbonyl (C=O) groups excluding carboxylic acids is 1. The van der Waals surface area contributed by atoms with Gasteiger partial charge in [0, 0.05) is 35.9 Å². The molecule has 3 aromatic heterocycles. The number of carbonyl (C=O) groups is 1. The van der Waals surface area contributed by atoms with Gasteiger partial charge in [0.1, 0.15) is 5.52 Å². The van der Waals surface area contributed by atoms with Crippen LogP contribution in [-0.2, 0) is 0 Å². The van der Waals surface area contributed by atoms with E-state index in [1.165, 1.54) is 11.6 Å². The highest BCUT2D eigenvalue weighted by atomic mass is 19.1. The third-order valence-electron chi connectivity index (χ3n) is 6.13. The van der Waals surface area contributed by atoms with Gasteiger partial charge in [-0.15, -0.1) is 5.10 Å². The average molecular weight is 433 g/mol. The minimum atomic E-state index is -0.495. The molecule has 8 heteroatoms. The van der Waals surface area contributed by atoms with E-state index in [0.717, 1.165) is 18.2 Å². The fourth-order valence-electron chi connectivity index (χ4n) is 4.92. The molecule has 0 bridgehead atoms. The second-order valence-electron chi connectivity index (χ2n) is 8.78. The number of halogens is 1. The summed E-state index contributed by atoms with van der Waals surface area (Å²) in [5.41, 5.74) is 3.43. The van der Waals surface area contributed by atoms with Crippen LogP contribution < -0.4 is 10.6 Å². The summed E-state index contributed by atoms with van der Waals surface area (Å²) >= 11 is 0. The molecule has 0 radical (unpaired) electrons. The van der Waals surface area contributed by atoms with E-state index in [9.17, 15) is 9.18 Å². The predicted molar refractivity (Wildman–Crippen MR) is 121 cm³/mol. The maximum absolute atomic E-state index is 14.4. The van der Waals surface area contributed by atoms with Crippen LogP contribution in [0, 0.1) is 12.7 Å². The van der Waals surface area contributed by atoms with Gasteiger partial charge in [0.05, 0.1) is 23.1 Å². The zero-order chi connectivity index (χ0) is 22.4. The molecule has 1 aliphatic heterocycles. The number of rotatable bonds is 3. The molecule has 0 unspecified atom stereocenters. The highest BCUT2D eigenvalue weighted by molar-refractivity contribution is 6.12. The normalized spacial score (nSPS) is 21.2. The van der Waals surface area contributed by atoms with E-state index in [1.807, 2.05) is 12.1 Å². The second-order valence-corrected chi connectivity index (χ2v) is 8.78. The summed E-state index contributed by atoms with van der Waals surface area (Å²) in [5.74, 6) is -0.472. The molecule has 164 valence electrons. The fourth-order valence-corrected chi connectivity index (χ4v) is 4.92. The zero-order valence-electron chi connectivity index (χ0n) is 18.3. The van der Waals surface area contributed by atoms with E-state index in [1.54, 1.807) is 36.0 Å². The van der Waals surface area contributed by atoms with Crippen molar-refractivity contribution in [2.24, 2.45) is 0 Å². The molecule has 2 N–H and O–H groups in total. The number of aromatic nitrogens is 4. The van der Waals surface area contributed by atoms with Gasteiger partial charge in [-0.05, 0) is 57.2 Å². The fraction of sp³-hybridized carbons (Fsp3) is 0.333. The number of benzene rings is 1. The number of hydrogen-bond acceptors (Lipinski definition) is 5. The van der Waals surface area contributed by atoms with Gasteiger partial charge in [-0.25, -0.2) is 9.37 Å². The number of anilines is 1. The second kappa shape index (κ2) is 7.94. The molecule has 0 aliphatic carbocycles. The number of aryl methyl sites for hydroxylation is 1. The number of pyridine rings is 1. The summed E-state index contributed by atoms with van der Waals surface area (Å²) in [4.78, 5) is 17.3. The lowest BCUT2D eigenvalue weighted by Crippen LogP contribution is -2.41. The molecule has 0 spiro atoms. The van der Waals surface area contributed by atoms with Crippen LogP contribution in [0.2, 0.25) is 0 Å². The van der Waals surface area contributed by atoms with E-state index in [4.69, 9.17) is 0 Å². The van der Waals surface area contributed by atoms with Crippen molar-refractivity contribution in [1.29, 1.82) is 0 Å². The Morgan fingerprint density at radius 3 is 2.75 bits per heavy atom. The van der Waals surface area contributed by atoms with E-state index in [2.05, 4.69) is 39.7 Å². The summed E-state index contributed by atoms with van der Waals surface area (Å²) in [6.45, 7) is 6.19. The molecule has 4 aromatic rings. The van der Waals surface area contributed by atoms with Crippen molar-refractivity contribution in [1.82, 2.24) is 24.9 Å². The number of nitrogens with zero attached hydrogens (tertiary/aromatic N) is 4. The first-order chi connectivity index (χ1) is 15.4. The van der Waals surface area contributed by atoms with Crippen LogP contribution in [0.15, 0.2) is 42.9 Å². The molecule has 1 amide bonds. The van der Waals surface area contributed by atoms with Crippen molar-refractivity contribution in [3.8, 4) is 0 Å². The van der Waals surface area contributed by atoms with Gasteiger partial charge < -0.3 is 15.0 Å². The molecule has 2 atom stereocenters. The largest absolute Gasteiger partial charge is 0.320 e. The standard InChI is InChI=1S/C24H25FN6O/c1-13-8-16(9-14(2)27-13)18-4-5-20(22-19(18)6-7-26-30-22)24(32)29-17-10-21(25)23-28-15(3)11-31(23)12-17/h4-7,10-14,16,27H,8-9H2,1-3H3,(H,29,32)/t13-,14-/m1/s1. The number of fused-ring (bicyclic) bond motifs is 2. The maximum Gasteiger partial charge on any atom is 0.257 e. The highest BCUT2D eigenvalue weighted by Gasteiger charge is 2.27. The smallest absolute Gasteiger partial charge is 0.257 e. The summed E-state index contributed by atoms with van der Waals surface area (Å²) in [6.07, 6.45) is 7.07. The number of amides is 1. The van der Waals surface area contributed by atoms with Crippen LogP contribution in [0.3, 0.4) is 0 Å². The zero-order valence-corrected chi connectivity index (χ0v) is 18.3. The minimum Gasteiger partial charge on any atom is -0.320 e. The van der Waals surface area contributed by atoms with Gasteiger partial charge in [-0.3, -0.25) is 4.79 Å². The lowest BCUT2D eigenvalue weighted by molar-refractivity contribution is 0.102. The average Bonchev–Trinajstić information content (AvgIpc) is 3.13. The van der Waals surface area contributed by atoms with Gasteiger partial charge in [-0.1, -0.05) is 6.07 Å². The highest BCUT2D eigenvalue weighted by Crippen LogP contribution is 2.35. The molecule has 1 saturated heterocycles. The lowest BCUT2D eigenvalue weighted by atomic mass is 9.82. The summed E-state index contributed by atoms with van der Waals surface area (Å²) < 4.78 is 16.0. The Balaban J connectivity index is 1.50. The number of hydrogen-bond donors (Lipinski definition) is 2. The van der Waals surface area contributed by atoms with Crippen molar-refractivity contribution in [3.05, 3.63) is 65.5 Å². The van der Waals surface area contributed by atoms with Crippen LogP contribution in [0.4, 0.5) is 10.1 Å². The molecule has 7 nitrogen and oxygen atoms in total. The van der Waals surface area contributed by atoms with Crippen LogP contribution in [0.1, 0.15) is 54.2 Å². The topological polar surface area (TPSA) is 84.2 Å². The minimum absolute atomic E-state index is 0.228. The molecule has 4 heterocycles. The quantitative estimate of drug-likeness (QED) is 0.506. The van der Waals surface area contributed by atoms with Crippen LogP contribution in [0.25, 0.3) is 16.6 Å². The molecule has 1 fully saturated rings. The molecular weight excluding hydrogens is 407 g/mol. The number of imidazole rings is 1. The van der Waals surface area contributed by atoms with Crippen molar-refractivity contribution >= 4 is 28.1 Å². The van der Waals surface area contributed by atoms with E-state index in [0.29, 0.717) is 40.5 Å². The Morgan fingerprint density at radius 2 is 1.97 bits per heavy atom. The van der Waals surface area contributed by atoms with Crippen molar-refractivity contribution < 1.29 is 9.18 Å². The van der Waals surface area contributed by atoms with Crippen molar-refractivity contribution in [3.63, 3.8) is 0 Å². The predicted octanol–water partition coefficient (Wildman–Crippen LogP) is 4.22. The Morgan fingerprint density at radius 1 is 1.19 bits per heavy atom. The van der Waals surface area contributed by atoms with Gasteiger partial charge in [0.2, 0.25) is 0 Å². The Hall–Kier alpha value is -3.39. The first-order valence-corrected chi connectivity index (χ1v) is 10.9. The maximum atomic E-state index is 14.4. The number of nitrogens with one attached hydrogen (secondary N) is 2. The molecule has 1 aliphatic rings. The van der Waals surface area contributed by atoms with Crippen molar-refractivity contribution in [2.45, 2.75) is 51.6 Å². The van der Waals surface area contributed by atoms with Gasteiger partial charge in [0.25, 0.3) is 5.91 Å². The molecular formula is C24H25FN6O. The van der Waals surface area contributed by atoms with E-state index < -0.39 is 5.82 Å². The molecule has 5 rings (SSSR count). The van der Waals surface area contributed by atoms with E-state index >= 15 is 0 Å². The number of piperidine rings is 1. The summed E-state index contributed by atoms with van der Waals surface area (Å²) in [7, 11) is 0. The summed E-state index contributed by atoms with van der Waals surface area (Å²) in [6, 6.07) is 7.87. The first-order valence-electron chi connectivity index (χ1n) is 10.9. The molecule has 1 aromatic carbocycles. The summed E-state index contributed by atoms with van der Waals surface area (Å²) in [5, 5.41) is 15.6. The SMILES string of the molecule is Cc1cn2cc(NC(=O)c3ccc(C4C[C@@H](C)N[C@H](C)C4)c4ccnnc34)cc(F)c2n1. The van der Waals surface area contributed by atoms with E-state index in [-0.39, 0.29) is 11.6 Å². The third kappa shape index (κ3) is 3.71. The van der Waals surface area contributed by atoms with Gasteiger partial charge >= 0.3 is 0 Å². The monoisotopic (exact) mass is 432 g/mol. The Kier molecular flexibility index (Phi) is 5.09. The third-order valence-corrected chi connectivity index (χ3v) is 6.13. The van der Waals surface area contributed by atoms with Gasteiger partial charge in [-0.2, -0.15) is 5.10 Å². The van der Waals surface area contributed by atoms with Crippen LogP contribution >= 0.6 is 0 Å². The Labute approximate surface area is 185 Å².